The third kappa shape index (κ3) is 4.17. The number of rotatable bonds is 4. The Balaban J connectivity index is 1.48. The monoisotopic (exact) mass is 383 g/mol. The highest BCUT2D eigenvalue weighted by Gasteiger charge is 2.30. The van der Waals surface area contributed by atoms with E-state index in [0.29, 0.717) is 5.69 Å². The number of hydrogen-bond acceptors (Lipinski definition) is 3. The van der Waals surface area contributed by atoms with Crippen LogP contribution in [0.3, 0.4) is 0 Å². The minimum atomic E-state index is -4.33. The van der Waals surface area contributed by atoms with E-state index in [9.17, 15) is 13.2 Å². The van der Waals surface area contributed by atoms with Gasteiger partial charge in [0.2, 0.25) is 0 Å². The number of nitrogens with zero attached hydrogens (tertiary/aromatic N) is 2. The topological polar surface area (TPSA) is 28.2 Å². The Kier molecular flexibility index (Phi) is 5.05. The first-order valence-corrected chi connectivity index (χ1v) is 9.16. The van der Waals surface area contributed by atoms with E-state index in [1.165, 1.54) is 23.3 Å². The lowest BCUT2D eigenvalue weighted by Gasteiger charge is -2.29. The molecule has 1 aromatic heterocycles. The summed E-state index contributed by atoms with van der Waals surface area (Å²) < 4.78 is 38.2. The maximum atomic E-state index is 12.7. The van der Waals surface area contributed by atoms with E-state index >= 15 is 0 Å². The van der Waals surface area contributed by atoms with Gasteiger partial charge in [-0.3, -0.25) is 4.90 Å². The molecule has 1 aliphatic heterocycles. The van der Waals surface area contributed by atoms with E-state index in [-0.39, 0.29) is 0 Å². The van der Waals surface area contributed by atoms with E-state index < -0.39 is 11.7 Å². The zero-order valence-electron chi connectivity index (χ0n) is 15.2. The molecule has 1 aliphatic rings. The van der Waals surface area contributed by atoms with Crippen molar-refractivity contribution in [2.75, 3.05) is 11.9 Å². The molecule has 0 atom stereocenters. The molecular weight excluding hydrogens is 363 g/mol. The van der Waals surface area contributed by atoms with Crippen LogP contribution >= 0.6 is 0 Å². The van der Waals surface area contributed by atoms with Gasteiger partial charge in [-0.1, -0.05) is 30.3 Å². The average molecular weight is 383 g/mol. The molecule has 3 nitrogen and oxygen atoms in total. The molecule has 0 bridgehead atoms. The van der Waals surface area contributed by atoms with Crippen molar-refractivity contribution in [2.24, 2.45) is 0 Å². The van der Waals surface area contributed by atoms with Crippen LogP contribution in [-0.4, -0.2) is 16.4 Å². The lowest BCUT2D eigenvalue weighted by atomic mass is 10.00. The molecule has 0 radical (unpaired) electrons. The fourth-order valence-corrected chi connectivity index (χ4v) is 3.51. The summed E-state index contributed by atoms with van der Waals surface area (Å²) in [4.78, 5) is 6.80. The number of nitrogens with one attached hydrogen (secondary N) is 1. The normalized spacial score (nSPS) is 14.5. The van der Waals surface area contributed by atoms with Crippen LogP contribution in [0.2, 0.25) is 0 Å². The molecule has 2 heterocycles. The highest BCUT2D eigenvalue weighted by Crippen LogP contribution is 2.31. The zero-order chi connectivity index (χ0) is 19.6. The van der Waals surface area contributed by atoms with Crippen LogP contribution in [0, 0.1) is 0 Å². The fourth-order valence-electron chi connectivity index (χ4n) is 3.51. The van der Waals surface area contributed by atoms with Gasteiger partial charge < -0.3 is 5.32 Å². The number of halogens is 3. The molecule has 0 fully saturated rings. The van der Waals surface area contributed by atoms with Crippen LogP contribution in [0.5, 0.6) is 0 Å². The first kappa shape index (κ1) is 18.5. The van der Waals surface area contributed by atoms with Gasteiger partial charge in [0, 0.05) is 37.1 Å². The van der Waals surface area contributed by atoms with Crippen molar-refractivity contribution < 1.29 is 13.2 Å². The van der Waals surface area contributed by atoms with E-state index in [0.717, 1.165) is 49.6 Å². The second kappa shape index (κ2) is 7.64. The molecule has 6 heteroatoms. The van der Waals surface area contributed by atoms with Crippen molar-refractivity contribution in [3.63, 3.8) is 0 Å². The van der Waals surface area contributed by atoms with Gasteiger partial charge in [0.05, 0.1) is 5.56 Å². The summed E-state index contributed by atoms with van der Waals surface area (Å²) >= 11 is 0. The predicted octanol–water partition coefficient (Wildman–Crippen LogP) is 5.40. The van der Waals surface area contributed by atoms with Crippen molar-refractivity contribution in [3.05, 3.63) is 89.1 Å². The summed E-state index contributed by atoms with van der Waals surface area (Å²) in [6, 6.07) is 17.4. The Bertz CT molecular complexity index is 937. The number of aromatic nitrogens is 1. The third-order valence-corrected chi connectivity index (χ3v) is 4.95. The Labute approximate surface area is 161 Å². The Morgan fingerprint density at radius 2 is 1.71 bits per heavy atom. The molecule has 0 saturated heterocycles. The second-order valence-electron chi connectivity index (χ2n) is 6.94. The van der Waals surface area contributed by atoms with E-state index in [2.05, 4.69) is 27.3 Å². The van der Waals surface area contributed by atoms with Gasteiger partial charge in [0.1, 0.15) is 5.82 Å². The fraction of sp³-hybridized carbons (Fsp3) is 0.227. The van der Waals surface area contributed by atoms with Gasteiger partial charge in [0.15, 0.2) is 0 Å². The maximum Gasteiger partial charge on any atom is 0.416 e. The van der Waals surface area contributed by atoms with Crippen LogP contribution in [0.15, 0.2) is 66.9 Å². The van der Waals surface area contributed by atoms with E-state index in [1.54, 1.807) is 6.20 Å². The van der Waals surface area contributed by atoms with Crippen molar-refractivity contribution in [3.8, 4) is 0 Å². The largest absolute Gasteiger partial charge is 0.416 e. The van der Waals surface area contributed by atoms with Crippen LogP contribution in [-0.2, 0) is 25.7 Å². The number of alkyl halides is 3. The molecular formula is C22H20F3N3. The predicted molar refractivity (Wildman–Crippen MR) is 103 cm³/mol. The number of benzene rings is 2. The summed E-state index contributed by atoms with van der Waals surface area (Å²) in [7, 11) is 0. The summed E-state index contributed by atoms with van der Waals surface area (Å²) in [6.07, 6.45) is -1.73. The number of hydrogen-bond donors (Lipinski definition) is 1. The van der Waals surface area contributed by atoms with Gasteiger partial charge >= 0.3 is 6.18 Å². The van der Waals surface area contributed by atoms with Crippen molar-refractivity contribution in [1.82, 2.24) is 9.88 Å². The minimum Gasteiger partial charge on any atom is -0.340 e. The Morgan fingerprint density at radius 3 is 2.43 bits per heavy atom. The molecule has 0 unspecified atom stereocenters. The molecule has 144 valence electrons. The van der Waals surface area contributed by atoms with E-state index in [4.69, 9.17) is 0 Å². The van der Waals surface area contributed by atoms with Crippen LogP contribution in [0.25, 0.3) is 0 Å². The van der Waals surface area contributed by atoms with Crippen molar-refractivity contribution >= 4 is 11.5 Å². The first-order chi connectivity index (χ1) is 13.5. The second-order valence-corrected chi connectivity index (χ2v) is 6.94. The van der Waals surface area contributed by atoms with Crippen LogP contribution in [0.1, 0.15) is 22.3 Å². The molecule has 3 aromatic rings. The molecule has 4 rings (SSSR count). The Hall–Kier alpha value is -2.86. The quantitative estimate of drug-likeness (QED) is 0.654. The molecule has 1 N–H and O–H groups in total. The molecule has 2 aromatic carbocycles. The standard InChI is InChI=1S/C22H20F3N3/c23-22(24,25)18-6-8-19(9-7-18)27-21-20-11-13-28(15-17(20)10-12-26-21)14-16-4-2-1-3-5-16/h1-10,12H,11,13-15H2,(H,26,27). The zero-order valence-corrected chi connectivity index (χ0v) is 15.2. The third-order valence-electron chi connectivity index (χ3n) is 4.95. The van der Waals surface area contributed by atoms with Gasteiger partial charge in [-0.15, -0.1) is 0 Å². The number of pyridine rings is 1. The minimum absolute atomic E-state index is 0.598. The summed E-state index contributed by atoms with van der Waals surface area (Å²) in [5, 5.41) is 3.18. The molecule has 0 saturated carbocycles. The van der Waals surface area contributed by atoms with Crippen molar-refractivity contribution in [2.45, 2.75) is 25.7 Å². The lowest BCUT2D eigenvalue weighted by molar-refractivity contribution is -0.137. The smallest absolute Gasteiger partial charge is 0.340 e. The molecule has 0 amide bonds. The van der Waals surface area contributed by atoms with Crippen LogP contribution in [0.4, 0.5) is 24.7 Å². The summed E-state index contributed by atoms with van der Waals surface area (Å²) in [5.41, 5.74) is 3.56. The average Bonchev–Trinajstić information content (AvgIpc) is 2.69. The SMILES string of the molecule is FC(F)(F)c1ccc(Nc2nccc3c2CCN(Cc2ccccc2)C3)cc1. The number of fused-ring (bicyclic) bond motifs is 1. The summed E-state index contributed by atoms with van der Waals surface area (Å²) in [5.74, 6) is 0.719. The van der Waals surface area contributed by atoms with Crippen LogP contribution < -0.4 is 5.32 Å². The molecule has 28 heavy (non-hydrogen) atoms. The van der Waals surface area contributed by atoms with Gasteiger partial charge in [-0.25, -0.2) is 4.98 Å². The Morgan fingerprint density at radius 1 is 0.964 bits per heavy atom. The first-order valence-electron chi connectivity index (χ1n) is 9.16. The van der Waals surface area contributed by atoms with Gasteiger partial charge in [-0.05, 0) is 47.9 Å². The van der Waals surface area contributed by atoms with Crippen molar-refractivity contribution in [1.29, 1.82) is 0 Å². The molecule has 0 aliphatic carbocycles. The van der Waals surface area contributed by atoms with Gasteiger partial charge in [0.25, 0.3) is 0 Å². The highest BCUT2D eigenvalue weighted by atomic mass is 19.4. The van der Waals surface area contributed by atoms with Gasteiger partial charge in [-0.2, -0.15) is 13.2 Å². The highest BCUT2D eigenvalue weighted by molar-refractivity contribution is 5.61. The van der Waals surface area contributed by atoms with E-state index in [1.807, 2.05) is 24.3 Å². The molecule has 0 spiro atoms. The summed E-state index contributed by atoms with van der Waals surface area (Å²) in [6.45, 7) is 2.63. The lowest BCUT2D eigenvalue weighted by Crippen LogP contribution is -2.30. The maximum absolute atomic E-state index is 12.7. The number of anilines is 2.